The molecular weight excluding hydrogens is 274 g/mol. The lowest BCUT2D eigenvalue weighted by molar-refractivity contribution is -0.380. The number of anilines is 2. The fraction of sp³-hybridized carbons (Fsp3) is 0.286. The maximum Gasteiger partial charge on any atom is 0.324 e. The largest absolute Gasteiger partial charge is 0.380 e. The Balaban J connectivity index is 2.05. The Labute approximate surface area is 122 Å². The molecule has 0 aliphatic heterocycles. The predicted molar refractivity (Wildman–Crippen MR) is 83.8 cm³/mol. The number of hydrogen-bond acceptors (Lipinski definition) is 5. The van der Waals surface area contributed by atoms with Crippen molar-refractivity contribution in [1.29, 1.82) is 0 Å². The van der Waals surface area contributed by atoms with Gasteiger partial charge >= 0.3 is 5.00 Å². The lowest BCUT2D eigenvalue weighted by atomic mass is 10.1. The molecule has 1 aromatic heterocycles. The molecule has 2 rings (SSSR count). The number of thiophene rings is 1. The molecule has 0 radical (unpaired) electrons. The van der Waals surface area contributed by atoms with Gasteiger partial charge in [0.2, 0.25) is 0 Å². The summed E-state index contributed by atoms with van der Waals surface area (Å²) in [7, 11) is 4.01. The molecule has 0 amide bonds. The van der Waals surface area contributed by atoms with Gasteiger partial charge in [-0.2, -0.15) is 0 Å². The fourth-order valence-electron chi connectivity index (χ4n) is 1.87. The van der Waals surface area contributed by atoms with E-state index in [-0.39, 0.29) is 9.92 Å². The van der Waals surface area contributed by atoms with Crippen LogP contribution in [0.1, 0.15) is 10.4 Å². The van der Waals surface area contributed by atoms with Gasteiger partial charge in [-0.25, -0.2) is 0 Å². The molecule has 0 saturated carbocycles. The standard InChI is InChI=1S/C14H17N3O2S/c1-10-8-11(16(2)3)4-6-13(10)15-9-12-5-7-14(20-12)17(18)19/h4-8,15H,9H2,1-3H3. The van der Waals surface area contributed by atoms with Crippen LogP contribution in [0.4, 0.5) is 16.4 Å². The average Bonchev–Trinajstić information content (AvgIpc) is 2.86. The van der Waals surface area contributed by atoms with Crippen molar-refractivity contribution in [2.45, 2.75) is 13.5 Å². The van der Waals surface area contributed by atoms with Crippen molar-refractivity contribution in [3.8, 4) is 0 Å². The number of nitrogens with one attached hydrogen (secondary N) is 1. The lowest BCUT2D eigenvalue weighted by Gasteiger charge is -2.15. The van der Waals surface area contributed by atoms with Gasteiger partial charge in [-0.1, -0.05) is 11.3 Å². The molecule has 5 nitrogen and oxygen atoms in total. The Hall–Kier alpha value is -2.08. The molecule has 0 aliphatic rings. The normalized spacial score (nSPS) is 10.3. The maximum absolute atomic E-state index is 10.6. The molecule has 0 aliphatic carbocycles. The van der Waals surface area contributed by atoms with Crippen LogP contribution in [0.15, 0.2) is 30.3 Å². The first-order chi connectivity index (χ1) is 9.47. The first kappa shape index (κ1) is 14.3. The van der Waals surface area contributed by atoms with E-state index < -0.39 is 0 Å². The zero-order valence-corrected chi connectivity index (χ0v) is 12.5. The van der Waals surface area contributed by atoms with Crippen molar-refractivity contribution in [2.24, 2.45) is 0 Å². The third-order valence-corrected chi connectivity index (χ3v) is 4.04. The van der Waals surface area contributed by atoms with Gasteiger partial charge in [0.05, 0.1) is 4.92 Å². The Bertz CT molecular complexity index is 623. The zero-order chi connectivity index (χ0) is 14.7. The van der Waals surface area contributed by atoms with E-state index >= 15 is 0 Å². The summed E-state index contributed by atoms with van der Waals surface area (Å²) in [6.45, 7) is 2.65. The Morgan fingerprint density at radius 3 is 2.60 bits per heavy atom. The van der Waals surface area contributed by atoms with Crippen LogP contribution in [0.5, 0.6) is 0 Å². The molecule has 1 N–H and O–H groups in total. The minimum Gasteiger partial charge on any atom is -0.380 e. The van der Waals surface area contributed by atoms with Gasteiger partial charge in [-0.15, -0.1) is 0 Å². The Morgan fingerprint density at radius 1 is 1.30 bits per heavy atom. The molecule has 20 heavy (non-hydrogen) atoms. The second kappa shape index (κ2) is 5.92. The zero-order valence-electron chi connectivity index (χ0n) is 11.7. The number of benzene rings is 1. The SMILES string of the molecule is Cc1cc(N(C)C)ccc1NCc1ccc([N+](=O)[O-])s1. The Morgan fingerprint density at radius 2 is 2.05 bits per heavy atom. The summed E-state index contributed by atoms with van der Waals surface area (Å²) >= 11 is 1.20. The summed E-state index contributed by atoms with van der Waals surface area (Å²) in [5.41, 5.74) is 3.36. The van der Waals surface area contributed by atoms with E-state index in [9.17, 15) is 10.1 Å². The summed E-state index contributed by atoms with van der Waals surface area (Å²) < 4.78 is 0. The number of aryl methyl sites for hydroxylation is 1. The van der Waals surface area contributed by atoms with E-state index in [1.807, 2.05) is 33.2 Å². The molecule has 1 heterocycles. The highest BCUT2D eigenvalue weighted by Crippen LogP contribution is 2.26. The van der Waals surface area contributed by atoms with Gasteiger partial charge in [0, 0.05) is 43.0 Å². The van der Waals surface area contributed by atoms with E-state index in [4.69, 9.17) is 0 Å². The van der Waals surface area contributed by atoms with Crippen LogP contribution in [-0.4, -0.2) is 19.0 Å². The van der Waals surface area contributed by atoms with Crippen molar-refractivity contribution in [2.75, 3.05) is 24.3 Å². The van der Waals surface area contributed by atoms with Crippen LogP contribution in [0.25, 0.3) is 0 Å². The third-order valence-electron chi connectivity index (χ3n) is 3.01. The molecule has 106 valence electrons. The molecule has 1 aromatic carbocycles. The monoisotopic (exact) mass is 291 g/mol. The van der Waals surface area contributed by atoms with E-state index in [1.54, 1.807) is 12.1 Å². The van der Waals surface area contributed by atoms with Crippen molar-refractivity contribution in [1.82, 2.24) is 0 Å². The molecule has 6 heteroatoms. The number of hydrogen-bond donors (Lipinski definition) is 1. The van der Waals surface area contributed by atoms with E-state index in [0.29, 0.717) is 6.54 Å². The molecule has 0 unspecified atom stereocenters. The molecular formula is C14H17N3O2S. The lowest BCUT2D eigenvalue weighted by Crippen LogP contribution is -2.09. The van der Waals surface area contributed by atoms with Crippen molar-refractivity contribution in [3.05, 3.63) is 50.9 Å². The molecule has 2 aromatic rings. The highest BCUT2D eigenvalue weighted by molar-refractivity contribution is 7.15. The van der Waals surface area contributed by atoms with Crippen LogP contribution < -0.4 is 10.2 Å². The van der Waals surface area contributed by atoms with Gasteiger partial charge in [-0.3, -0.25) is 10.1 Å². The van der Waals surface area contributed by atoms with Gasteiger partial charge < -0.3 is 10.2 Å². The van der Waals surface area contributed by atoms with Crippen LogP contribution in [-0.2, 0) is 6.54 Å². The quantitative estimate of drug-likeness (QED) is 0.675. The third kappa shape index (κ3) is 3.27. The van der Waals surface area contributed by atoms with Gasteiger partial charge in [0.25, 0.3) is 0 Å². The van der Waals surface area contributed by atoms with Crippen molar-refractivity contribution >= 4 is 27.7 Å². The van der Waals surface area contributed by atoms with Crippen molar-refractivity contribution in [3.63, 3.8) is 0 Å². The first-order valence-electron chi connectivity index (χ1n) is 6.22. The molecule has 0 bridgehead atoms. The highest BCUT2D eigenvalue weighted by atomic mass is 32.1. The number of rotatable bonds is 5. The predicted octanol–water partition coefficient (Wildman–Crippen LogP) is 3.64. The van der Waals surface area contributed by atoms with E-state index in [2.05, 4.69) is 16.3 Å². The smallest absolute Gasteiger partial charge is 0.324 e. The summed E-state index contributed by atoms with van der Waals surface area (Å²) in [4.78, 5) is 13.3. The van der Waals surface area contributed by atoms with Crippen LogP contribution in [0.3, 0.4) is 0 Å². The molecule has 0 atom stereocenters. The fourth-order valence-corrected chi connectivity index (χ4v) is 2.63. The van der Waals surface area contributed by atoms with E-state index in [0.717, 1.165) is 21.8 Å². The molecule has 0 spiro atoms. The topological polar surface area (TPSA) is 58.4 Å². The number of nitro groups is 1. The van der Waals surface area contributed by atoms with Crippen LogP contribution in [0, 0.1) is 17.0 Å². The van der Waals surface area contributed by atoms with Gasteiger partial charge in [0.1, 0.15) is 0 Å². The minimum atomic E-state index is -0.356. The summed E-state index contributed by atoms with van der Waals surface area (Å²) in [5, 5.41) is 14.1. The highest BCUT2D eigenvalue weighted by Gasteiger charge is 2.09. The summed E-state index contributed by atoms with van der Waals surface area (Å²) in [5.74, 6) is 0. The Kier molecular flexibility index (Phi) is 4.24. The van der Waals surface area contributed by atoms with E-state index in [1.165, 1.54) is 11.3 Å². The van der Waals surface area contributed by atoms with Crippen molar-refractivity contribution < 1.29 is 4.92 Å². The second-order valence-corrected chi connectivity index (χ2v) is 5.89. The summed E-state index contributed by atoms with van der Waals surface area (Å²) in [6, 6.07) is 9.53. The maximum atomic E-state index is 10.6. The summed E-state index contributed by atoms with van der Waals surface area (Å²) in [6.07, 6.45) is 0. The van der Waals surface area contributed by atoms with Gasteiger partial charge in [-0.05, 0) is 36.8 Å². The molecule has 0 fully saturated rings. The minimum absolute atomic E-state index is 0.182. The molecule has 0 saturated heterocycles. The number of nitrogens with zero attached hydrogens (tertiary/aromatic N) is 2. The van der Waals surface area contributed by atoms with Gasteiger partial charge in [0.15, 0.2) is 0 Å². The first-order valence-corrected chi connectivity index (χ1v) is 7.04. The van der Waals surface area contributed by atoms with Crippen LogP contribution >= 0.6 is 11.3 Å². The second-order valence-electron chi connectivity index (χ2n) is 4.74. The van der Waals surface area contributed by atoms with Crippen LogP contribution in [0.2, 0.25) is 0 Å². The average molecular weight is 291 g/mol.